The lowest BCUT2D eigenvalue weighted by atomic mass is 10.1. The van der Waals surface area contributed by atoms with Gasteiger partial charge in [0.2, 0.25) is 0 Å². The first kappa shape index (κ1) is 27.2. The zero-order chi connectivity index (χ0) is 22.8. The maximum Gasteiger partial charge on any atom is 0.0471 e. The Kier molecular flexibility index (Phi) is 15.5. The molecule has 2 aromatic rings. The molecule has 2 heterocycles. The number of rotatable bonds is 3. The lowest BCUT2D eigenvalue weighted by Crippen LogP contribution is -1.94. The van der Waals surface area contributed by atoms with Gasteiger partial charge in [-0.2, -0.15) is 0 Å². The van der Waals surface area contributed by atoms with Crippen molar-refractivity contribution in [3.05, 3.63) is 82.7 Å². The summed E-state index contributed by atoms with van der Waals surface area (Å²) >= 11 is 1.76. The average Bonchev–Trinajstić information content (AvgIpc) is 3.46. The minimum atomic E-state index is 0.940. The fraction of sp³-hybridized carbons (Fsp3) is 0.296. The molecule has 160 valence electrons. The Hall–Kier alpha value is -2.83. The summed E-state index contributed by atoms with van der Waals surface area (Å²) in [5.41, 5.74) is 5.80. The van der Waals surface area contributed by atoms with Gasteiger partial charge in [-0.15, -0.1) is 11.3 Å². The number of allylic oxidation sites excluding steroid dienone is 4. The molecule has 0 radical (unpaired) electrons. The molecule has 1 aromatic carbocycles. The van der Waals surface area contributed by atoms with Gasteiger partial charge in [-0.25, -0.2) is 0 Å². The Morgan fingerprint density at radius 2 is 1.87 bits per heavy atom. The summed E-state index contributed by atoms with van der Waals surface area (Å²) in [4.78, 5) is 5.65. The van der Waals surface area contributed by atoms with Crippen molar-refractivity contribution in [3.63, 3.8) is 0 Å². The SMILES string of the molecule is C/C=C\C.C=C(C)C1=NC=C(c2cccs2)C1.CC.CC#CNc1cccc(C)c1. The van der Waals surface area contributed by atoms with E-state index in [-0.39, 0.29) is 0 Å². The zero-order valence-electron chi connectivity index (χ0n) is 19.5. The van der Waals surface area contributed by atoms with Gasteiger partial charge in [0.1, 0.15) is 0 Å². The van der Waals surface area contributed by atoms with Crippen LogP contribution in [-0.2, 0) is 0 Å². The van der Waals surface area contributed by atoms with Gasteiger partial charge in [-0.1, -0.05) is 56.7 Å². The molecule has 0 aliphatic carbocycles. The van der Waals surface area contributed by atoms with E-state index in [0.29, 0.717) is 0 Å². The third-order valence-corrected chi connectivity index (χ3v) is 4.69. The normalized spacial score (nSPS) is 11.2. The summed E-state index contributed by atoms with van der Waals surface area (Å²) in [7, 11) is 0. The molecule has 0 unspecified atom stereocenters. The van der Waals surface area contributed by atoms with Gasteiger partial charge in [-0.3, -0.25) is 4.99 Å². The van der Waals surface area contributed by atoms with Crippen LogP contribution in [0.4, 0.5) is 5.69 Å². The van der Waals surface area contributed by atoms with Crippen molar-refractivity contribution in [2.75, 3.05) is 5.32 Å². The van der Waals surface area contributed by atoms with E-state index in [1.54, 1.807) is 11.3 Å². The van der Waals surface area contributed by atoms with Gasteiger partial charge in [0.25, 0.3) is 0 Å². The highest BCUT2D eigenvalue weighted by Gasteiger charge is 2.12. The number of aliphatic imine (C=N–C) groups is 1. The van der Waals surface area contributed by atoms with Crippen LogP contribution in [0.15, 0.2) is 77.3 Å². The number of nitrogens with zero attached hydrogens (tertiary/aromatic N) is 1. The van der Waals surface area contributed by atoms with Crippen LogP contribution in [0.25, 0.3) is 5.57 Å². The smallest absolute Gasteiger partial charge is 0.0471 e. The monoisotopic (exact) mass is 420 g/mol. The van der Waals surface area contributed by atoms with Crippen LogP contribution in [0.2, 0.25) is 0 Å². The minimum Gasteiger partial charge on any atom is -0.315 e. The Morgan fingerprint density at radius 3 is 2.33 bits per heavy atom. The molecule has 0 atom stereocenters. The molecule has 3 rings (SSSR count). The standard InChI is InChI=1S/C11H11NS.C10H11N.C4H8.C2H6/c1-8(2)10-6-9(7-12-10)11-4-3-5-13-11;1-3-7-11-10-6-4-5-9(2)8-10;1-3-4-2;1-2/h3-5,7H,1,6H2,2H3;4-6,8,11H,1-2H3;3-4H,1-2H3;1-2H3/b;;4-3-;. The van der Waals surface area contributed by atoms with Crippen LogP contribution in [0.3, 0.4) is 0 Å². The second-order valence-electron chi connectivity index (χ2n) is 6.20. The van der Waals surface area contributed by atoms with E-state index in [9.17, 15) is 0 Å². The van der Waals surface area contributed by atoms with E-state index < -0.39 is 0 Å². The van der Waals surface area contributed by atoms with Gasteiger partial charge in [0.15, 0.2) is 0 Å². The highest BCUT2D eigenvalue weighted by atomic mass is 32.1. The van der Waals surface area contributed by atoms with Crippen LogP contribution >= 0.6 is 11.3 Å². The maximum absolute atomic E-state index is 4.33. The molecule has 0 fully saturated rings. The fourth-order valence-corrected chi connectivity index (χ4v) is 2.90. The van der Waals surface area contributed by atoms with Crippen molar-refractivity contribution in [2.24, 2.45) is 4.99 Å². The lowest BCUT2D eigenvalue weighted by Gasteiger charge is -1.99. The molecule has 0 spiro atoms. The minimum absolute atomic E-state index is 0.940. The van der Waals surface area contributed by atoms with E-state index >= 15 is 0 Å². The largest absolute Gasteiger partial charge is 0.315 e. The van der Waals surface area contributed by atoms with Crippen LogP contribution in [0.1, 0.15) is 58.4 Å². The number of benzene rings is 1. The molecule has 0 bridgehead atoms. The number of hydrogen-bond donors (Lipinski definition) is 1. The van der Waals surface area contributed by atoms with Gasteiger partial charge in [0, 0.05) is 34.9 Å². The van der Waals surface area contributed by atoms with Crippen LogP contribution < -0.4 is 5.32 Å². The first-order valence-corrected chi connectivity index (χ1v) is 11.2. The summed E-state index contributed by atoms with van der Waals surface area (Å²) in [6.45, 7) is 17.8. The maximum atomic E-state index is 4.33. The highest BCUT2D eigenvalue weighted by Crippen LogP contribution is 2.28. The van der Waals surface area contributed by atoms with E-state index in [1.807, 2.05) is 72.0 Å². The van der Waals surface area contributed by atoms with Crippen molar-refractivity contribution >= 4 is 28.3 Å². The van der Waals surface area contributed by atoms with Crippen molar-refractivity contribution < 1.29 is 0 Å². The van der Waals surface area contributed by atoms with Crippen LogP contribution in [0, 0.1) is 18.9 Å². The van der Waals surface area contributed by atoms with Crippen molar-refractivity contribution in [3.8, 4) is 12.0 Å². The molecule has 1 aliphatic rings. The summed E-state index contributed by atoms with van der Waals surface area (Å²) in [5, 5.41) is 5.07. The van der Waals surface area contributed by atoms with Gasteiger partial charge >= 0.3 is 0 Å². The summed E-state index contributed by atoms with van der Waals surface area (Å²) in [6, 6.07) is 15.1. The Morgan fingerprint density at radius 1 is 1.17 bits per heavy atom. The topological polar surface area (TPSA) is 24.4 Å². The number of hydrogen-bond acceptors (Lipinski definition) is 3. The molecule has 1 aliphatic heterocycles. The van der Waals surface area contributed by atoms with Crippen molar-refractivity contribution in [2.45, 2.75) is 54.9 Å². The third-order valence-electron chi connectivity index (χ3n) is 3.75. The van der Waals surface area contributed by atoms with E-state index in [4.69, 9.17) is 0 Å². The molecule has 2 nitrogen and oxygen atoms in total. The zero-order valence-corrected chi connectivity index (χ0v) is 20.4. The van der Waals surface area contributed by atoms with Gasteiger partial charge in [-0.05, 0) is 74.9 Å². The summed E-state index contributed by atoms with van der Waals surface area (Å²) in [6.07, 6.45) is 6.89. The quantitative estimate of drug-likeness (QED) is 0.300. The first-order valence-electron chi connectivity index (χ1n) is 10.3. The van der Waals surface area contributed by atoms with Crippen molar-refractivity contribution in [1.82, 2.24) is 0 Å². The predicted molar refractivity (Wildman–Crippen MR) is 139 cm³/mol. The Bertz CT molecular complexity index is 884. The summed E-state index contributed by atoms with van der Waals surface area (Å²) < 4.78 is 0. The number of nitrogens with one attached hydrogen (secondary N) is 1. The predicted octanol–water partition coefficient (Wildman–Crippen LogP) is 8.51. The molecule has 0 saturated carbocycles. The van der Waals surface area contributed by atoms with Crippen molar-refractivity contribution in [1.29, 1.82) is 0 Å². The van der Waals surface area contributed by atoms with E-state index in [1.165, 1.54) is 16.0 Å². The van der Waals surface area contributed by atoms with Crippen LogP contribution in [0.5, 0.6) is 0 Å². The van der Waals surface area contributed by atoms with E-state index in [0.717, 1.165) is 23.4 Å². The number of anilines is 1. The molecule has 1 N–H and O–H groups in total. The second kappa shape index (κ2) is 17.1. The number of aryl methyl sites for hydroxylation is 1. The van der Waals surface area contributed by atoms with Crippen LogP contribution in [-0.4, -0.2) is 5.71 Å². The third kappa shape index (κ3) is 11.2. The molecule has 0 saturated heterocycles. The Labute approximate surface area is 188 Å². The van der Waals surface area contributed by atoms with Gasteiger partial charge in [0.05, 0.1) is 0 Å². The molecule has 3 heteroatoms. The summed E-state index contributed by atoms with van der Waals surface area (Å²) in [5.74, 6) is 2.77. The average molecular weight is 421 g/mol. The van der Waals surface area contributed by atoms with E-state index in [2.05, 4.69) is 65.4 Å². The molecule has 0 amide bonds. The number of thiophene rings is 1. The second-order valence-corrected chi connectivity index (χ2v) is 7.15. The lowest BCUT2D eigenvalue weighted by molar-refractivity contribution is 1.46. The molecule has 1 aromatic heterocycles. The first-order chi connectivity index (χ1) is 14.5. The molecular weight excluding hydrogens is 384 g/mol. The molecular formula is C27H36N2S. The fourth-order valence-electron chi connectivity index (χ4n) is 2.16. The Balaban J connectivity index is 0.000000451. The van der Waals surface area contributed by atoms with Gasteiger partial charge < -0.3 is 5.32 Å². The molecule has 30 heavy (non-hydrogen) atoms. The highest BCUT2D eigenvalue weighted by molar-refractivity contribution is 7.11.